The largest absolute Gasteiger partial charge is 0.399 e. The van der Waals surface area contributed by atoms with Gasteiger partial charge in [-0.3, -0.25) is 4.79 Å². The van der Waals surface area contributed by atoms with Gasteiger partial charge in [0.1, 0.15) is 0 Å². The number of rotatable bonds is 4. The van der Waals surface area contributed by atoms with Crippen LogP contribution in [0.1, 0.15) is 29.9 Å². The third-order valence-electron chi connectivity index (χ3n) is 4.12. The SMILES string of the molecule is Nc1ccc(CC(=O)NC2CC(c3ccccc3)C2)cc1. The standard InChI is InChI=1S/C18H20N2O/c19-16-8-6-13(7-9-16)10-18(21)20-17-11-15(12-17)14-4-2-1-3-5-14/h1-9,15,17H,10-12,19H2,(H,20,21). The van der Waals surface area contributed by atoms with Crippen molar-refractivity contribution in [1.29, 1.82) is 0 Å². The van der Waals surface area contributed by atoms with Gasteiger partial charge >= 0.3 is 0 Å². The van der Waals surface area contributed by atoms with E-state index in [1.165, 1.54) is 5.56 Å². The normalized spacial score (nSPS) is 20.6. The van der Waals surface area contributed by atoms with Gasteiger partial charge in [-0.2, -0.15) is 0 Å². The average molecular weight is 280 g/mol. The maximum absolute atomic E-state index is 12.0. The Labute approximate surface area is 125 Å². The second-order valence-electron chi connectivity index (χ2n) is 5.76. The van der Waals surface area contributed by atoms with E-state index in [1.54, 1.807) is 0 Å². The lowest BCUT2D eigenvalue weighted by Crippen LogP contribution is -2.43. The molecule has 0 aromatic heterocycles. The maximum Gasteiger partial charge on any atom is 0.224 e. The smallest absolute Gasteiger partial charge is 0.224 e. The molecule has 1 aliphatic rings. The number of carbonyl (C=O) groups excluding carboxylic acids is 1. The fraction of sp³-hybridized carbons (Fsp3) is 0.278. The fourth-order valence-corrected chi connectivity index (χ4v) is 2.83. The maximum atomic E-state index is 12.0. The first-order valence-electron chi connectivity index (χ1n) is 7.39. The molecule has 0 unspecified atom stereocenters. The van der Waals surface area contributed by atoms with Gasteiger partial charge in [0.2, 0.25) is 5.91 Å². The summed E-state index contributed by atoms with van der Waals surface area (Å²) in [5.74, 6) is 0.685. The summed E-state index contributed by atoms with van der Waals surface area (Å²) < 4.78 is 0. The third kappa shape index (κ3) is 3.43. The molecule has 3 rings (SSSR count). The van der Waals surface area contributed by atoms with Crippen LogP contribution in [0.25, 0.3) is 0 Å². The number of benzene rings is 2. The van der Waals surface area contributed by atoms with Crippen LogP contribution in [-0.4, -0.2) is 11.9 Å². The van der Waals surface area contributed by atoms with Gasteiger partial charge in [0, 0.05) is 11.7 Å². The molecule has 0 radical (unpaired) electrons. The molecule has 3 N–H and O–H groups in total. The molecule has 1 saturated carbocycles. The van der Waals surface area contributed by atoms with Crippen molar-refractivity contribution in [3.8, 4) is 0 Å². The highest BCUT2D eigenvalue weighted by atomic mass is 16.1. The predicted molar refractivity (Wildman–Crippen MR) is 84.9 cm³/mol. The number of carbonyl (C=O) groups is 1. The Morgan fingerprint density at radius 1 is 1.05 bits per heavy atom. The van der Waals surface area contributed by atoms with Crippen molar-refractivity contribution in [1.82, 2.24) is 5.32 Å². The van der Waals surface area contributed by atoms with Gasteiger partial charge < -0.3 is 11.1 Å². The summed E-state index contributed by atoms with van der Waals surface area (Å²) in [6.45, 7) is 0. The first-order valence-corrected chi connectivity index (χ1v) is 7.39. The van der Waals surface area contributed by atoms with Crippen LogP contribution in [0.3, 0.4) is 0 Å². The highest BCUT2D eigenvalue weighted by Crippen LogP contribution is 2.36. The van der Waals surface area contributed by atoms with E-state index in [2.05, 4.69) is 29.6 Å². The molecule has 0 heterocycles. The summed E-state index contributed by atoms with van der Waals surface area (Å²) in [6.07, 6.45) is 2.50. The van der Waals surface area contributed by atoms with Crippen LogP contribution in [-0.2, 0) is 11.2 Å². The van der Waals surface area contributed by atoms with E-state index in [0.29, 0.717) is 18.4 Å². The van der Waals surface area contributed by atoms with Crippen molar-refractivity contribution in [2.75, 3.05) is 5.73 Å². The van der Waals surface area contributed by atoms with Crippen LogP contribution < -0.4 is 11.1 Å². The minimum Gasteiger partial charge on any atom is -0.399 e. The molecule has 0 aliphatic heterocycles. The summed E-state index contributed by atoms with van der Waals surface area (Å²) in [5, 5.41) is 3.11. The summed E-state index contributed by atoms with van der Waals surface area (Å²) in [4.78, 5) is 12.0. The fourth-order valence-electron chi connectivity index (χ4n) is 2.83. The summed E-state index contributed by atoms with van der Waals surface area (Å²) in [7, 11) is 0. The van der Waals surface area contributed by atoms with Crippen molar-refractivity contribution in [3.63, 3.8) is 0 Å². The molecule has 21 heavy (non-hydrogen) atoms. The van der Waals surface area contributed by atoms with Crippen molar-refractivity contribution in [3.05, 3.63) is 65.7 Å². The highest BCUT2D eigenvalue weighted by molar-refractivity contribution is 5.79. The number of anilines is 1. The van der Waals surface area contributed by atoms with Gasteiger partial charge in [0.15, 0.2) is 0 Å². The Morgan fingerprint density at radius 2 is 1.71 bits per heavy atom. The van der Waals surface area contributed by atoms with Crippen LogP contribution in [0.4, 0.5) is 5.69 Å². The number of nitrogens with two attached hydrogens (primary N) is 1. The Bertz CT molecular complexity index is 601. The quantitative estimate of drug-likeness (QED) is 0.846. The van der Waals surface area contributed by atoms with E-state index >= 15 is 0 Å². The zero-order valence-corrected chi connectivity index (χ0v) is 12.0. The van der Waals surface area contributed by atoms with Crippen molar-refractivity contribution in [2.24, 2.45) is 0 Å². The summed E-state index contributed by atoms with van der Waals surface area (Å²) >= 11 is 0. The molecule has 0 atom stereocenters. The molecule has 0 spiro atoms. The van der Waals surface area contributed by atoms with Crippen LogP contribution >= 0.6 is 0 Å². The first-order chi connectivity index (χ1) is 10.2. The van der Waals surface area contributed by atoms with E-state index < -0.39 is 0 Å². The number of hydrogen-bond donors (Lipinski definition) is 2. The Kier molecular flexibility index (Phi) is 3.91. The van der Waals surface area contributed by atoms with Gasteiger partial charge in [-0.15, -0.1) is 0 Å². The Hall–Kier alpha value is -2.29. The Morgan fingerprint density at radius 3 is 2.38 bits per heavy atom. The second kappa shape index (κ2) is 6.00. The molecular weight excluding hydrogens is 260 g/mol. The van der Waals surface area contributed by atoms with Gasteiger partial charge in [-0.1, -0.05) is 42.5 Å². The highest BCUT2D eigenvalue weighted by Gasteiger charge is 2.30. The molecule has 108 valence electrons. The van der Waals surface area contributed by atoms with E-state index in [1.807, 2.05) is 30.3 Å². The van der Waals surface area contributed by atoms with Crippen LogP contribution in [0.5, 0.6) is 0 Å². The van der Waals surface area contributed by atoms with Gasteiger partial charge in [0.25, 0.3) is 0 Å². The number of nitrogens with one attached hydrogen (secondary N) is 1. The molecule has 3 heteroatoms. The van der Waals surface area contributed by atoms with Crippen molar-refractivity contribution in [2.45, 2.75) is 31.2 Å². The minimum atomic E-state index is 0.0938. The molecule has 0 saturated heterocycles. The van der Waals surface area contributed by atoms with Gasteiger partial charge in [-0.25, -0.2) is 0 Å². The van der Waals surface area contributed by atoms with Crippen LogP contribution in [0.2, 0.25) is 0 Å². The second-order valence-corrected chi connectivity index (χ2v) is 5.76. The lowest BCUT2D eigenvalue weighted by molar-refractivity contribution is -0.121. The predicted octanol–water partition coefficient (Wildman–Crippen LogP) is 2.87. The molecule has 2 aromatic carbocycles. The Balaban J connectivity index is 1.46. The van der Waals surface area contributed by atoms with Crippen molar-refractivity contribution >= 4 is 11.6 Å². The molecule has 0 bridgehead atoms. The zero-order chi connectivity index (χ0) is 14.7. The summed E-state index contributed by atoms with van der Waals surface area (Å²) in [5.41, 5.74) is 8.74. The van der Waals surface area contributed by atoms with Crippen molar-refractivity contribution < 1.29 is 4.79 Å². The minimum absolute atomic E-state index is 0.0938. The van der Waals surface area contributed by atoms with E-state index in [0.717, 1.165) is 24.1 Å². The van der Waals surface area contributed by atoms with E-state index in [-0.39, 0.29) is 5.91 Å². The summed E-state index contributed by atoms with van der Waals surface area (Å²) in [6, 6.07) is 18.3. The zero-order valence-electron chi connectivity index (χ0n) is 12.0. The lowest BCUT2D eigenvalue weighted by atomic mass is 9.76. The number of hydrogen-bond acceptors (Lipinski definition) is 2. The first kappa shape index (κ1) is 13.7. The third-order valence-corrected chi connectivity index (χ3v) is 4.12. The lowest BCUT2D eigenvalue weighted by Gasteiger charge is -2.36. The number of amides is 1. The molecule has 1 amide bonds. The monoisotopic (exact) mass is 280 g/mol. The van der Waals surface area contributed by atoms with Gasteiger partial charge in [0.05, 0.1) is 6.42 Å². The number of nitrogen functional groups attached to an aromatic ring is 1. The van der Waals surface area contributed by atoms with Gasteiger partial charge in [-0.05, 0) is 42.0 Å². The topological polar surface area (TPSA) is 55.1 Å². The average Bonchev–Trinajstić information content (AvgIpc) is 2.46. The van der Waals surface area contributed by atoms with E-state index in [4.69, 9.17) is 5.73 Å². The van der Waals surface area contributed by atoms with E-state index in [9.17, 15) is 4.79 Å². The molecule has 1 aliphatic carbocycles. The molecule has 1 fully saturated rings. The molecule has 3 nitrogen and oxygen atoms in total. The van der Waals surface area contributed by atoms with Crippen LogP contribution in [0, 0.1) is 0 Å². The molecule has 2 aromatic rings. The van der Waals surface area contributed by atoms with Crippen LogP contribution in [0.15, 0.2) is 54.6 Å². The molecular formula is C18H20N2O.